The van der Waals surface area contributed by atoms with Crippen LogP contribution in [0, 0.1) is 17.2 Å². The van der Waals surface area contributed by atoms with E-state index < -0.39 is 0 Å². The number of carbonyl (C=O) groups excluding carboxylic acids is 1. The average Bonchev–Trinajstić information content (AvgIpc) is 2.59. The highest BCUT2D eigenvalue weighted by Crippen LogP contribution is 2.39. The molecule has 1 aromatic rings. The van der Waals surface area contributed by atoms with Gasteiger partial charge in [0.15, 0.2) is 0 Å². The van der Waals surface area contributed by atoms with Crippen LogP contribution in [0.3, 0.4) is 0 Å². The monoisotopic (exact) mass is 376 g/mol. The number of hydrogen-bond acceptors (Lipinski definition) is 2. The molecular weight excluding hydrogens is 371 g/mol. The van der Waals surface area contributed by atoms with Crippen LogP contribution in [0.1, 0.15) is 6.42 Å². The van der Waals surface area contributed by atoms with Gasteiger partial charge in [-0.05, 0) is 44.0 Å². The van der Waals surface area contributed by atoms with Crippen molar-refractivity contribution in [3.8, 4) is 6.07 Å². The molecule has 1 atom stereocenters. The highest BCUT2D eigenvalue weighted by molar-refractivity contribution is 9.11. The fourth-order valence-electron chi connectivity index (χ4n) is 1.80. The number of nitrogens with zero attached hydrogens (tertiary/aromatic N) is 2. The minimum Gasteiger partial charge on any atom is -0.309 e. The van der Waals surface area contributed by atoms with E-state index in [0.717, 1.165) is 14.6 Å². The lowest BCUT2D eigenvalue weighted by atomic mass is 10.1. The molecule has 0 aromatic heterocycles. The second-order valence-corrected chi connectivity index (χ2v) is 5.90. The summed E-state index contributed by atoms with van der Waals surface area (Å²) < 4.78 is 1.48. The molecule has 1 saturated heterocycles. The zero-order valence-corrected chi connectivity index (χ0v) is 12.5. The highest BCUT2D eigenvalue weighted by atomic mass is 79.9. The molecule has 1 fully saturated rings. The third-order valence-corrected chi connectivity index (χ3v) is 3.99. The minimum absolute atomic E-state index is 0.0414. The molecule has 1 amide bonds. The number of carbonyl (C=O) groups is 1. The number of halogens is 3. The first-order chi connectivity index (χ1) is 8.02. The maximum absolute atomic E-state index is 11.8. The average molecular weight is 378 g/mol. The SMILES string of the molecule is N#CC1CC(=O)N(c2c(Br)cc(Cl)cc2Br)C1. The molecule has 6 heteroatoms. The van der Waals surface area contributed by atoms with Crippen LogP contribution in [-0.2, 0) is 4.79 Å². The van der Waals surface area contributed by atoms with Gasteiger partial charge in [0, 0.05) is 26.9 Å². The third kappa shape index (κ3) is 2.49. The lowest BCUT2D eigenvalue weighted by molar-refractivity contribution is -0.117. The molecule has 0 saturated carbocycles. The van der Waals surface area contributed by atoms with Crippen LogP contribution >= 0.6 is 43.5 Å². The molecule has 1 aliphatic heterocycles. The zero-order valence-electron chi connectivity index (χ0n) is 8.58. The number of rotatable bonds is 1. The highest BCUT2D eigenvalue weighted by Gasteiger charge is 2.32. The Balaban J connectivity index is 2.42. The first-order valence-corrected chi connectivity index (χ1v) is 6.84. The summed E-state index contributed by atoms with van der Waals surface area (Å²) in [4.78, 5) is 13.4. The summed E-state index contributed by atoms with van der Waals surface area (Å²) in [6, 6.07) is 5.59. The zero-order chi connectivity index (χ0) is 12.6. The molecule has 1 unspecified atom stereocenters. The second-order valence-electron chi connectivity index (χ2n) is 3.75. The molecule has 0 N–H and O–H groups in total. The fourth-order valence-corrected chi connectivity index (χ4v) is 3.90. The van der Waals surface area contributed by atoms with Crippen LogP contribution < -0.4 is 4.90 Å². The maximum Gasteiger partial charge on any atom is 0.228 e. The van der Waals surface area contributed by atoms with E-state index in [9.17, 15) is 4.79 Å². The van der Waals surface area contributed by atoms with Gasteiger partial charge in [0.05, 0.1) is 17.7 Å². The normalized spacial score (nSPS) is 19.5. The Labute approximate surface area is 121 Å². The Morgan fingerprint density at radius 3 is 2.47 bits per heavy atom. The van der Waals surface area contributed by atoms with Crippen LogP contribution in [0.5, 0.6) is 0 Å². The minimum atomic E-state index is -0.239. The maximum atomic E-state index is 11.8. The van der Waals surface area contributed by atoms with E-state index >= 15 is 0 Å². The van der Waals surface area contributed by atoms with Gasteiger partial charge in [-0.3, -0.25) is 4.79 Å². The van der Waals surface area contributed by atoms with Crippen molar-refractivity contribution in [3.63, 3.8) is 0 Å². The van der Waals surface area contributed by atoms with Gasteiger partial charge in [0.1, 0.15) is 0 Å². The van der Waals surface area contributed by atoms with Gasteiger partial charge in [-0.2, -0.15) is 5.26 Å². The van der Waals surface area contributed by atoms with Crippen molar-refractivity contribution in [2.75, 3.05) is 11.4 Å². The molecule has 0 bridgehead atoms. The molecule has 17 heavy (non-hydrogen) atoms. The molecule has 1 aliphatic rings. The van der Waals surface area contributed by atoms with Crippen molar-refractivity contribution in [2.24, 2.45) is 5.92 Å². The van der Waals surface area contributed by atoms with E-state index in [1.807, 2.05) is 0 Å². The smallest absolute Gasteiger partial charge is 0.228 e. The summed E-state index contributed by atoms with van der Waals surface area (Å²) >= 11 is 12.7. The molecule has 0 radical (unpaired) electrons. The van der Waals surface area contributed by atoms with Crippen LogP contribution in [-0.4, -0.2) is 12.5 Å². The van der Waals surface area contributed by atoms with E-state index in [0.29, 0.717) is 11.6 Å². The van der Waals surface area contributed by atoms with Gasteiger partial charge in [-0.25, -0.2) is 0 Å². The Morgan fingerprint density at radius 2 is 2.00 bits per heavy atom. The summed E-state index contributed by atoms with van der Waals surface area (Å²) in [5.41, 5.74) is 0.733. The standard InChI is InChI=1S/C11H7Br2ClN2O/c12-8-2-7(14)3-9(13)11(8)16-5-6(4-15)1-10(16)17/h2-3,6H,1,5H2. The predicted molar refractivity (Wildman–Crippen MR) is 72.9 cm³/mol. The van der Waals surface area contributed by atoms with Crippen molar-refractivity contribution in [1.29, 1.82) is 5.26 Å². The molecule has 1 heterocycles. The van der Waals surface area contributed by atoms with Crippen molar-refractivity contribution in [2.45, 2.75) is 6.42 Å². The number of anilines is 1. The number of nitriles is 1. The lowest BCUT2D eigenvalue weighted by Gasteiger charge is -2.19. The van der Waals surface area contributed by atoms with Gasteiger partial charge >= 0.3 is 0 Å². The molecule has 0 aliphatic carbocycles. The van der Waals surface area contributed by atoms with Gasteiger partial charge in [0.2, 0.25) is 5.91 Å². The van der Waals surface area contributed by atoms with Crippen molar-refractivity contribution in [3.05, 3.63) is 26.1 Å². The molecule has 3 nitrogen and oxygen atoms in total. The molecule has 1 aromatic carbocycles. The van der Waals surface area contributed by atoms with Gasteiger partial charge < -0.3 is 4.90 Å². The van der Waals surface area contributed by atoms with E-state index in [4.69, 9.17) is 16.9 Å². The summed E-state index contributed by atoms with van der Waals surface area (Å²) in [6.45, 7) is 0.425. The van der Waals surface area contributed by atoms with Crippen LogP contribution in [0.25, 0.3) is 0 Å². The predicted octanol–water partition coefficient (Wildman–Crippen LogP) is 3.74. The second kappa shape index (κ2) is 4.97. The van der Waals surface area contributed by atoms with Crippen LogP contribution in [0.4, 0.5) is 5.69 Å². The molecule has 0 spiro atoms. The molecule has 88 valence electrons. The fraction of sp³-hybridized carbons (Fsp3) is 0.273. The van der Waals surface area contributed by atoms with Gasteiger partial charge in [0.25, 0.3) is 0 Å². The lowest BCUT2D eigenvalue weighted by Crippen LogP contribution is -2.25. The number of amides is 1. The van der Waals surface area contributed by atoms with E-state index in [1.165, 1.54) is 0 Å². The number of hydrogen-bond donors (Lipinski definition) is 0. The summed E-state index contributed by atoms with van der Waals surface area (Å²) in [7, 11) is 0. The Kier molecular flexibility index (Phi) is 3.76. The quantitative estimate of drug-likeness (QED) is 0.747. The van der Waals surface area contributed by atoms with Crippen molar-refractivity contribution < 1.29 is 4.79 Å². The topological polar surface area (TPSA) is 44.1 Å². The first kappa shape index (κ1) is 12.9. The van der Waals surface area contributed by atoms with Crippen molar-refractivity contribution in [1.82, 2.24) is 0 Å². The third-order valence-electron chi connectivity index (χ3n) is 2.56. The van der Waals surface area contributed by atoms with Gasteiger partial charge in [-0.1, -0.05) is 11.6 Å². The summed E-state index contributed by atoms with van der Waals surface area (Å²) in [6.07, 6.45) is 0.276. The van der Waals surface area contributed by atoms with E-state index in [-0.39, 0.29) is 18.2 Å². The van der Waals surface area contributed by atoms with Crippen LogP contribution in [0.2, 0.25) is 5.02 Å². The van der Waals surface area contributed by atoms with Crippen molar-refractivity contribution >= 4 is 55.1 Å². The molecular formula is C11H7Br2ClN2O. The number of benzene rings is 1. The summed E-state index contributed by atoms with van der Waals surface area (Å²) in [5.74, 6) is -0.280. The largest absolute Gasteiger partial charge is 0.309 e. The van der Waals surface area contributed by atoms with Crippen LogP contribution in [0.15, 0.2) is 21.1 Å². The Bertz CT molecular complexity index is 504. The molecule has 2 rings (SSSR count). The Hall–Kier alpha value is -0.570. The van der Waals surface area contributed by atoms with Gasteiger partial charge in [-0.15, -0.1) is 0 Å². The summed E-state index contributed by atoms with van der Waals surface area (Å²) in [5, 5.41) is 9.44. The Morgan fingerprint density at radius 1 is 1.41 bits per heavy atom. The van der Waals surface area contributed by atoms with E-state index in [2.05, 4.69) is 37.9 Å². The first-order valence-electron chi connectivity index (χ1n) is 4.87. The van der Waals surface area contributed by atoms with E-state index in [1.54, 1.807) is 17.0 Å².